The number of halogens is 1. The highest BCUT2D eigenvalue weighted by Gasteiger charge is 2.43. The van der Waals surface area contributed by atoms with E-state index >= 15 is 0 Å². The van der Waals surface area contributed by atoms with Crippen molar-refractivity contribution >= 4 is 76.8 Å². The summed E-state index contributed by atoms with van der Waals surface area (Å²) < 4.78 is 2.06. The van der Waals surface area contributed by atoms with E-state index < -0.39 is 0 Å². The van der Waals surface area contributed by atoms with Crippen LogP contribution in [0, 0.1) is 3.57 Å². The van der Waals surface area contributed by atoms with Crippen molar-refractivity contribution in [3.63, 3.8) is 0 Å². The second-order valence-corrected chi connectivity index (χ2v) is 18.4. The van der Waals surface area contributed by atoms with Crippen LogP contribution in [-0.2, 0) is 4.28 Å². The molecule has 4 rings (SSSR count). The minimum absolute atomic E-state index is 0.689. The molecule has 3 fully saturated rings. The molecule has 15 heavy (non-hydrogen) atoms. The number of rotatable bonds is 1. The molecular weight excluding hydrogens is 392 g/mol. The topological polar surface area (TPSA) is 0 Å². The molecule has 0 aliphatic carbocycles. The second kappa shape index (κ2) is 4.49. The van der Waals surface area contributed by atoms with Crippen molar-refractivity contribution in [3.05, 3.63) is 33.4 Å². The van der Waals surface area contributed by atoms with Crippen LogP contribution in [0.1, 0.15) is 5.56 Å². The molecule has 1 aromatic carbocycles. The Hall–Kier alpha value is 1.25. The second-order valence-electron chi connectivity index (χ2n) is 3.50. The third kappa shape index (κ3) is 2.16. The van der Waals surface area contributed by atoms with Crippen molar-refractivity contribution < 1.29 is 0 Å². The zero-order chi connectivity index (χ0) is 10.3. The Kier molecular flexibility index (Phi) is 3.40. The minimum atomic E-state index is 0.689. The quantitative estimate of drug-likeness (QED) is 0.467. The van der Waals surface area contributed by atoms with E-state index in [9.17, 15) is 0 Å². The monoisotopic (exact) mass is 396 g/mol. The zero-order valence-corrected chi connectivity index (χ0v) is 15.9. The summed E-state index contributed by atoms with van der Waals surface area (Å²) >= 11 is 2.41. The van der Waals surface area contributed by atoms with Crippen LogP contribution in [0.5, 0.6) is 0 Å². The Morgan fingerprint density at radius 1 is 0.933 bits per heavy atom. The minimum Gasteiger partial charge on any atom is -0.0724 e. The summed E-state index contributed by atoms with van der Waals surface area (Å²) in [5.41, 5.74) is 1.67. The molecule has 68 valence electrons. The van der Waals surface area contributed by atoms with Gasteiger partial charge in [-0.05, 0) is 39.0 Å². The van der Waals surface area contributed by atoms with Gasteiger partial charge in [-0.25, -0.2) is 0 Å². The third-order valence-corrected chi connectivity index (χ3v) is 28.3. The van der Waals surface area contributed by atoms with Crippen molar-refractivity contribution in [2.24, 2.45) is 0 Å². The first-order valence-electron chi connectivity index (χ1n) is 4.63. The van der Waals surface area contributed by atoms with Crippen molar-refractivity contribution in [2.45, 2.75) is 9.07 Å². The van der Waals surface area contributed by atoms with Crippen molar-refractivity contribution in [3.8, 4) is 0 Å². The average Bonchev–Trinajstić information content (AvgIpc) is 2.32. The van der Waals surface area contributed by atoms with Gasteiger partial charge in [-0.2, -0.15) is 0 Å². The summed E-state index contributed by atoms with van der Waals surface area (Å²) in [5, 5.41) is 0. The summed E-state index contributed by atoms with van der Waals surface area (Å²) in [5.74, 6) is 0. The summed E-state index contributed by atoms with van der Waals surface area (Å²) in [6, 6.07) is 9.39. The largest absolute Gasteiger partial charge is 0.0724 e. The predicted molar refractivity (Wildman–Crippen MR) is 79.1 cm³/mol. The lowest BCUT2D eigenvalue weighted by atomic mass is 10.2. The highest BCUT2D eigenvalue weighted by atomic mass is 127. The maximum Gasteiger partial charge on any atom is 0.0269 e. The van der Waals surface area contributed by atoms with E-state index in [0.717, 1.165) is 0 Å². The maximum absolute atomic E-state index is 2.41. The average molecular weight is 397 g/mol. The van der Waals surface area contributed by atoms with Crippen molar-refractivity contribution in [2.75, 3.05) is 0 Å². The van der Waals surface area contributed by atoms with Gasteiger partial charge in [-0.3, -0.25) is 0 Å². The van der Waals surface area contributed by atoms with Gasteiger partial charge in [0.05, 0.1) is 0 Å². The fraction of sp³-hybridized carbons (Fsp3) is 0.250. The molecule has 0 unspecified atom stereocenters. The highest BCUT2D eigenvalue weighted by Crippen LogP contribution is 2.30. The highest BCUT2D eigenvalue weighted by molar-refractivity contribution is 14.1. The number of benzene rings is 1. The Morgan fingerprint density at radius 2 is 1.47 bits per heavy atom. The molecule has 0 N–H and O–H groups in total. The molecule has 0 saturated carbocycles. The molecule has 3 heterocycles. The van der Waals surface area contributed by atoms with Gasteiger partial charge in [0, 0.05) is 57.8 Å². The van der Waals surface area contributed by atoms with Crippen LogP contribution in [0.4, 0.5) is 0 Å². The van der Waals surface area contributed by atoms with Gasteiger partial charge in [-0.15, -0.1) is 0 Å². The van der Waals surface area contributed by atoms with E-state index in [0.29, 0.717) is 4.28 Å². The van der Waals surface area contributed by atoms with Crippen LogP contribution < -0.4 is 0 Å². The predicted octanol–water partition coefficient (Wildman–Crippen LogP) is 0.102. The molecule has 3 aliphatic heterocycles. The SMILES string of the molecule is Ic1ccc(C23[Si][Si]C([Si][Si]2)[Si][Si]3)cc1. The molecular formula is C8H5ISi6. The standard InChI is InChI=1S/C8H5ISi6/c9-6-3-1-5(2-4-6)8-13-10-7(11-14-8)12-15-8/h1-4,7H. The van der Waals surface area contributed by atoms with Gasteiger partial charge in [0.2, 0.25) is 0 Å². The van der Waals surface area contributed by atoms with Crippen molar-refractivity contribution in [1.82, 2.24) is 0 Å². The summed E-state index contributed by atoms with van der Waals surface area (Å²) in [4.78, 5) is 1.19. The molecule has 7 heteroatoms. The van der Waals surface area contributed by atoms with Crippen LogP contribution in [0.2, 0.25) is 4.79 Å². The fourth-order valence-corrected chi connectivity index (χ4v) is 32.5. The molecule has 0 nitrogen and oxygen atoms in total. The Labute approximate surface area is 118 Å². The van der Waals surface area contributed by atoms with Gasteiger partial charge in [-0.1, -0.05) is 22.5 Å². The van der Waals surface area contributed by atoms with E-state index in [1.807, 2.05) is 0 Å². The lowest BCUT2D eigenvalue weighted by Crippen LogP contribution is -2.64. The van der Waals surface area contributed by atoms with Gasteiger partial charge < -0.3 is 0 Å². The Balaban J connectivity index is 1.94. The van der Waals surface area contributed by atoms with E-state index in [-0.39, 0.29) is 0 Å². The molecule has 3 aliphatic rings. The van der Waals surface area contributed by atoms with E-state index in [1.54, 1.807) is 5.56 Å². The van der Waals surface area contributed by atoms with Gasteiger partial charge in [0.15, 0.2) is 0 Å². The normalized spacial score (nSPS) is 34.3. The molecule has 2 bridgehead atoms. The Morgan fingerprint density at radius 3 is 2.00 bits per heavy atom. The molecule has 12 radical (unpaired) electrons. The van der Waals surface area contributed by atoms with Crippen LogP contribution in [0.15, 0.2) is 24.3 Å². The number of hydrogen-bond donors (Lipinski definition) is 0. The van der Waals surface area contributed by atoms with Crippen LogP contribution in [-0.4, -0.2) is 54.2 Å². The fourth-order valence-electron chi connectivity index (χ4n) is 1.66. The van der Waals surface area contributed by atoms with Crippen LogP contribution in [0.3, 0.4) is 0 Å². The first kappa shape index (κ1) is 11.3. The van der Waals surface area contributed by atoms with E-state index in [4.69, 9.17) is 0 Å². The summed E-state index contributed by atoms with van der Waals surface area (Å²) in [6.45, 7) is 0. The third-order valence-electron chi connectivity index (χ3n) is 2.49. The number of fused-ring (bicyclic) bond motifs is 3. The van der Waals surface area contributed by atoms with Gasteiger partial charge in [0.1, 0.15) is 0 Å². The lowest BCUT2D eigenvalue weighted by molar-refractivity contribution is 1.20. The van der Waals surface area contributed by atoms with Gasteiger partial charge >= 0.3 is 0 Å². The molecule has 0 amide bonds. The lowest BCUT2D eigenvalue weighted by Gasteiger charge is -2.44. The smallest absolute Gasteiger partial charge is 0.0269 e. The van der Waals surface area contributed by atoms with E-state index in [2.05, 4.69) is 46.9 Å². The molecule has 3 saturated heterocycles. The molecule has 0 aromatic heterocycles. The summed E-state index contributed by atoms with van der Waals surface area (Å²) in [6.07, 6.45) is 0. The van der Waals surface area contributed by atoms with E-state index in [1.165, 1.54) is 62.6 Å². The van der Waals surface area contributed by atoms with Gasteiger partial charge in [0.25, 0.3) is 0 Å². The van der Waals surface area contributed by atoms with Crippen LogP contribution >= 0.6 is 22.6 Å². The molecule has 1 aromatic rings. The van der Waals surface area contributed by atoms with Crippen molar-refractivity contribution in [1.29, 1.82) is 0 Å². The zero-order valence-electron chi connectivity index (χ0n) is 7.76. The molecule has 0 spiro atoms. The number of hydrogen-bond acceptors (Lipinski definition) is 0. The molecule has 0 atom stereocenters. The Bertz CT molecular complexity index is 344. The van der Waals surface area contributed by atoms with Crippen LogP contribution in [0.25, 0.3) is 0 Å². The summed E-state index contributed by atoms with van der Waals surface area (Å²) in [7, 11) is 7.66. The first-order valence-corrected chi connectivity index (χ1v) is 14.9. The maximum atomic E-state index is 2.41. The first-order chi connectivity index (χ1) is 7.28.